The van der Waals surface area contributed by atoms with Crippen LogP contribution in [0.1, 0.15) is 45.5 Å². The van der Waals surface area contributed by atoms with Crippen molar-refractivity contribution in [3.63, 3.8) is 0 Å². The summed E-state index contributed by atoms with van der Waals surface area (Å²) in [6.07, 6.45) is 4.32. The molecule has 2 heterocycles. The fourth-order valence-corrected chi connectivity index (χ4v) is 3.52. The number of nitrogens with one attached hydrogen (secondary N) is 1. The Morgan fingerprint density at radius 2 is 2.41 bits per heavy atom. The van der Waals surface area contributed by atoms with Gasteiger partial charge in [-0.3, -0.25) is 0 Å². The molecule has 1 aliphatic rings. The smallest absolute Gasteiger partial charge is 0.141 e. The molecule has 0 aromatic carbocycles. The molecule has 96 valence electrons. The zero-order chi connectivity index (χ0) is 12.3. The third kappa shape index (κ3) is 3.22. The molecular weight excluding hydrogens is 232 g/mol. The summed E-state index contributed by atoms with van der Waals surface area (Å²) in [7, 11) is 0. The molecule has 0 spiro atoms. The summed E-state index contributed by atoms with van der Waals surface area (Å²) >= 11 is 2.09. The molecule has 0 saturated carbocycles. The lowest BCUT2D eigenvalue weighted by atomic mass is 10.1. The van der Waals surface area contributed by atoms with Gasteiger partial charge in [0.2, 0.25) is 0 Å². The molecule has 17 heavy (non-hydrogen) atoms. The molecule has 2 rings (SSSR count). The lowest BCUT2D eigenvalue weighted by Crippen LogP contribution is -2.33. The van der Waals surface area contributed by atoms with E-state index in [4.69, 9.17) is 0 Å². The minimum atomic E-state index is 0.380. The van der Waals surface area contributed by atoms with Gasteiger partial charge >= 0.3 is 0 Å². The van der Waals surface area contributed by atoms with Gasteiger partial charge in [-0.15, -0.1) is 0 Å². The lowest BCUT2D eigenvalue weighted by Gasteiger charge is -2.23. The van der Waals surface area contributed by atoms with Crippen molar-refractivity contribution in [3.05, 3.63) is 12.2 Å². The normalized spacial score (nSPS) is 24.7. The number of thioether (sulfide) groups is 1. The van der Waals surface area contributed by atoms with E-state index in [0.717, 1.165) is 18.9 Å². The fraction of sp³-hybridized carbons (Fsp3) is 0.833. The topological polar surface area (TPSA) is 42.7 Å². The molecule has 1 saturated heterocycles. The van der Waals surface area contributed by atoms with Crippen LogP contribution in [0.5, 0.6) is 0 Å². The summed E-state index contributed by atoms with van der Waals surface area (Å²) in [6.45, 7) is 8.49. The monoisotopic (exact) mass is 254 g/mol. The zero-order valence-electron chi connectivity index (χ0n) is 10.9. The summed E-state index contributed by atoms with van der Waals surface area (Å²) in [6, 6.07) is 0.380. The van der Waals surface area contributed by atoms with Crippen LogP contribution >= 0.6 is 11.8 Å². The molecule has 1 aromatic heterocycles. The van der Waals surface area contributed by atoms with E-state index in [1.165, 1.54) is 18.6 Å². The number of aromatic nitrogens is 3. The molecule has 0 aliphatic carbocycles. The first-order valence-electron chi connectivity index (χ1n) is 6.34. The maximum absolute atomic E-state index is 4.31. The Hall–Kier alpha value is -0.550. The van der Waals surface area contributed by atoms with Crippen molar-refractivity contribution in [2.45, 2.75) is 50.9 Å². The van der Waals surface area contributed by atoms with Crippen LogP contribution in [0, 0.1) is 0 Å². The molecule has 5 heteroatoms. The third-order valence-electron chi connectivity index (χ3n) is 3.22. The summed E-state index contributed by atoms with van der Waals surface area (Å²) < 4.78 is 2.40. The SMILES string of the molecule is CC(C)n1ncnc1CNCC1(C)CCCS1. The quantitative estimate of drug-likeness (QED) is 0.875. The van der Waals surface area contributed by atoms with Crippen LogP contribution in [0.15, 0.2) is 6.33 Å². The predicted octanol–water partition coefficient (Wildman–Crippen LogP) is 2.23. The van der Waals surface area contributed by atoms with Gasteiger partial charge in [0.05, 0.1) is 6.54 Å². The molecule has 1 fully saturated rings. The number of hydrogen-bond donors (Lipinski definition) is 1. The van der Waals surface area contributed by atoms with Gasteiger partial charge in [-0.25, -0.2) is 9.67 Å². The highest BCUT2D eigenvalue weighted by Gasteiger charge is 2.28. The van der Waals surface area contributed by atoms with Crippen molar-refractivity contribution in [1.29, 1.82) is 0 Å². The van der Waals surface area contributed by atoms with Crippen molar-refractivity contribution >= 4 is 11.8 Å². The Balaban J connectivity index is 1.83. The van der Waals surface area contributed by atoms with Crippen LogP contribution in [-0.4, -0.2) is 31.8 Å². The van der Waals surface area contributed by atoms with Crippen molar-refractivity contribution in [2.24, 2.45) is 0 Å². The van der Waals surface area contributed by atoms with Crippen LogP contribution < -0.4 is 5.32 Å². The Morgan fingerprint density at radius 3 is 3.06 bits per heavy atom. The van der Waals surface area contributed by atoms with Crippen molar-refractivity contribution < 1.29 is 0 Å². The third-order valence-corrected chi connectivity index (χ3v) is 4.76. The van der Waals surface area contributed by atoms with Gasteiger partial charge < -0.3 is 5.32 Å². The van der Waals surface area contributed by atoms with E-state index in [1.54, 1.807) is 6.33 Å². The molecule has 1 N–H and O–H groups in total. The Kier molecular flexibility index (Phi) is 4.09. The van der Waals surface area contributed by atoms with E-state index in [1.807, 2.05) is 4.68 Å². The second kappa shape index (κ2) is 5.40. The van der Waals surface area contributed by atoms with Gasteiger partial charge in [0.1, 0.15) is 12.2 Å². The van der Waals surface area contributed by atoms with Gasteiger partial charge in [0, 0.05) is 17.3 Å². The molecular formula is C12H22N4S. The maximum Gasteiger partial charge on any atom is 0.141 e. The van der Waals surface area contributed by atoms with Crippen LogP contribution in [-0.2, 0) is 6.54 Å². The van der Waals surface area contributed by atoms with E-state index in [9.17, 15) is 0 Å². The largest absolute Gasteiger partial charge is 0.308 e. The Morgan fingerprint density at radius 1 is 1.59 bits per heavy atom. The second-order valence-corrected chi connectivity index (χ2v) is 6.90. The summed E-state index contributed by atoms with van der Waals surface area (Å²) in [5.74, 6) is 2.34. The van der Waals surface area contributed by atoms with Crippen molar-refractivity contribution in [3.8, 4) is 0 Å². The number of rotatable bonds is 5. The highest BCUT2D eigenvalue weighted by Crippen LogP contribution is 2.36. The summed E-state index contributed by atoms with van der Waals surface area (Å²) in [5.41, 5.74) is 0. The van der Waals surface area contributed by atoms with E-state index in [-0.39, 0.29) is 0 Å². The second-order valence-electron chi connectivity index (χ2n) is 5.22. The average Bonchev–Trinajstić information content (AvgIpc) is 2.87. The maximum atomic E-state index is 4.31. The first kappa shape index (κ1) is 12.9. The van der Waals surface area contributed by atoms with Crippen LogP contribution in [0.4, 0.5) is 0 Å². The molecule has 0 bridgehead atoms. The average molecular weight is 254 g/mol. The highest BCUT2D eigenvalue weighted by molar-refractivity contribution is 8.00. The number of hydrogen-bond acceptors (Lipinski definition) is 4. The standard InChI is InChI=1S/C12H22N4S/c1-10(2)16-11(14-9-15-16)7-13-8-12(3)5-4-6-17-12/h9-10,13H,4-8H2,1-3H3. The van der Waals surface area contributed by atoms with Crippen molar-refractivity contribution in [1.82, 2.24) is 20.1 Å². The number of nitrogens with zero attached hydrogens (tertiary/aromatic N) is 3. The zero-order valence-corrected chi connectivity index (χ0v) is 11.8. The molecule has 1 aromatic rings. The van der Waals surface area contributed by atoms with E-state index >= 15 is 0 Å². The van der Waals surface area contributed by atoms with Gasteiger partial charge in [0.15, 0.2) is 0 Å². The van der Waals surface area contributed by atoms with Crippen LogP contribution in [0.2, 0.25) is 0 Å². The molecule has 1 aliphatic heterocycles. The Labute approximate surface area is 108 Å². The molecule has 1 atom stereocenters. The van der Waals surface area contributed by atoms with Gasteiger partial charge in [-0.05, 0) is 39.4 Å². The molecule has 0 amide bonds. The lowest BCUT2D eigenvalue weighted by molar-refractivity contribution is 0.474. The minimum absolute atomic E-state index is 0.380. The van der Waals surface area contributed by atoms with Gasteiger partial charge in [-0.1, -0.05) is 0 Å². The predicted molar refractivity (Wildman–Crippen MR) is 72.2 cm³/mol. The fourth-order valence-electron chi connectivity index (χ4n) is 2.25. The Bertz CT molecular complexity index is 355. The van der Waals surface area contributed by atoms with Crippen LogP contribution in [0.3, 0.4) is 0 Å². The summed E-state index contributed by atoms with van der Waals surface area (Å²) in [4.78, 5) is 4.31. The molecule has 4 nitrogen and oxygen atoms in total. The van der Waals surface area contributed by atoms with Gasteiger partial charge in [-0.2, -0.15) is 16.9 Å². The summed E-state index contributed by atoms with van der Waals surface area (Å²) in [5, 5.41) is 7.77. The molecule has 1 unspecified atom stereocenters. The first-order chi connectivity index (χ1) is 8.11. The molecule has 0 radical (unpaired) electrons. The minimum Gasteiger partial charge on any atom is -0.308 e. The van der Waals surface area contributed by atoms with Crippen molar-refractivity contribution in [2.75, 3.05) is 12.3 Å². The first-order valence-corrected chi connectivity index (χ1v) is 7.32. The van der Waals surface area contributed by atoms with Crippen LogP contribution in [0.25, 0.3) is 0 Å². The van der Waals surface area contributed by atoms with E-state index < -0.39 is 0 Å². The van der Waals surface area contributed by atoms with E-state index in [0.29, 0.717) is 10.8 Å². The van der Waals surface area contributed by atoms with Gasteiger partial charge in [0.25, 0.3) is 0 Å². The highest BCUT2D eigenvalue weighted by atomic mass is 32.2. The van der Waals surface area contributed by atoms with E-state index in [2.05, 4.69) is 47.9 Å².